The molecule has 0 saturated carbocycles. The molecule has 0 bridgehead atoms. The van der Waals surface area contributed by atoms with Crippen LogP contribution in [0.5, 0.6) is 0 Å². The lowest BCUT2D eigenvalue weighted by Crippen LogP contribution is -2.49. The summed E-state index contributed by atoms with van der Waals surface area (Å²) >= 11 is 0. The van der Waals surface area contributed by atoms with Crippen molar-refractivity contribution in [1.82, 2.24) is 10.2 Å². The maximum atomic E-state index is 14.3. The molecular weight excluding hydrogens is 433 g/mol. The minimum absolute atomic E-state index is 0.135. The van der Waals surface area contributed by atoms with Gasteiger partial charge >= 0.3 is 0 Å². The molecule has 1 fully saturated rings. The van der Waals surface area contributed by atoms with Crippen molar-refractivity contribution in [2.45, 2.75) is 32.5 Å². The fraction of sp³-hybridized carbons (Fsp3) is 0.435. The number of hydrogen-bond acceptors (Lipinski definition) is 5. The largest absolute Gasteiger partial charge is 0.379 e. The highest BCUT2D eigenvalue weighted by molar-refractivity contribution is 7.92. The summed E-state index contributed by atoms with van der Waals surface area (Å²) in [6.45, 7) is 6.12. The molecule has 1 unspecified atom stereocenters. The summed E-state index contributed by atoms with van der Waals surface area (Å²) in [6, 6.07) is 12.4. The molecule has 1 saturated heterocycles. The summed E-state index contributed by atoms with van der Waals surface area (Å²) in [6.07, 6.45) is 1.17. The molecule has 3 rings (SSSR count). The minimum Gasteiger partial charge on any atom is -0.379 e. The van der Waals surface area contributed by atoms with E-state index in [1.54, 1.807) is 13.0 Å². The summed E-state index contributed by atoms with van der Waals surface area (Å²) in [5, 5.41) is 2.80. The maximum absolute atomic E-state index is 14.3. The van der Waals surface area contributed by atoms with Gasteiger partial charge in [0.05, 0.1) is 25.2 Å². The van der Waals surface area contributed by atoms with E-state index in [2.05, 4.69) is 10.2 Å². The molecule has 1 heterocycles. The molecular formula is C23H30FN3O4S. The average Bonchev–Trinajstić information content (AvgIpc) is 2.77. The summed E-state index contributed by atoms with van der Waals surface area (Å²) in [5.41, 5.74) is 1.94. The van der Waals surface area contributed by atoms with Crippen molar-refractivity contribution in [3.8, 4) is 0 Å². The van der Waals surface area contributed by atoms with E-state index in [-0.39, 0.29) is 18.7 Å². The molecule has 1 amide bonds. The third kappa shape index (κ3) is 6.27. The van der Waals surface area contributed by atoms with Crippen molar-refractivity contribution in [3.05, 3.63) is 65.5 Å². The SMILES string of the molecule is CCC(C(=O)NCc1ccc(CN2CCOCC2)cc1)N(c1ccccc1F)S(C)(=O)=O. The third-order valence-corrected chi connectivity index (χ3v) is 6.58. The first-order chi connectivity index (χ1) is 15.3. The molecule has 0 aromatic heterocycles. The standard InChI is InChI=1S/C23H30FN3O4S/c1-3-21(27(32(2,29)30)22-7-5-4-6-20(22)24)23(28)25-16-18-8-10-19(11-9-18)17-26-12-14-31-15-13-26/h4-11,21H,3,12-17H2,1-2H3,(H,25,28). The van der Waals surface area contributed by atoms with E-state index in [0.717, 1.165) is 49.0 Å². The second-order valence-electron chi connectivity index (χ2n) is 7.86. The van der Waals surface area contributed by atoms with Crippen LogP contribution >= 0.6 is 0 Å². The van der Waals surface area contributed by atoms with Gasteiger partial charge < -0.3 is 10.1 Å². The highest BCUT2D eigenvalue weighted by Crippen LogP contribution is 2.25. The van der Waals surface area contributed by atoms with Crippen molar-refractivity contribution in [3.63, 3.8) is 0 Å². The van der Waals surface area contributed by atoms with Gasteiger partial charge in [-0.05, 0) is 29.7 Å². The van der Waals surface area contributed by atoms with Crippen LogP contribution in [0.1, 0.15) is 24.5 Å². The Morgan fingerprint density at radius 1 is 1.12 bits per heavy atom. The van der Waals surface area contributed by atoms with Crippen LogP contribution in [-0.2, 0) is 32.6 Å². The number of carbonyl (C=O) groups excluding carboxylic acids is 1. The van der Waals surface area contributed by atoms with E-state index < -0.39 is 27.8 Å². The van der Waals surface area contributed by atoms with Gasteiger partial charge in [-0.25, -0.2) is 12.8 Å². The van der Waals surface area contributed by atoms with Gasteiger partial charge in [-0.2, -0.15) is 0 Å². The zero-order valence-corrected chi connectivity index (χ0v) is 19.3. The monoisotopic (exact) mass is 463 g/mol. The Labute approximate surface area is 189 Å². The van der Waals surface area contributed by atoms with Crippen molar-refractivity contribution in [1.29, 1.82) is 0 Å². The number of rotatable bonds is 9. The average molecular weight is 464 g/mol. The lowest BCUT2D eigenvalue weighted by Gasteiger charge is -2.30. The quantitative estimate of drug-likeness (QED) is 0.618. The number of nitrogens with one attached hydrogen (secondary N) is 1. The molecule has 174 valence electrons. The van der Waals surface area contributed by atoms with Crippen LogP contribution in [0.2, 0.25) is 0 Å². The van der Waals surface area contributed by atoms with E-state index in [4.69, 9.17) is 4.74 Å². The normalized spacial score (nSPS) is 15.8. The van der Waals surface area contributed by atoms with Crippen molar-refractivity contribution >= 4 is 21.6 Å². The van der Waals surface area contributed by atoms with Gasteiger partial charge in [0.25, 0.3) is 0 Å². The first-order valence-electron chi connectivity index (χ1n) is 10.7. The zero-order chi connectivity index (χ0) is 23.1. The summed E-state index contributed by atoms with van der Waals surface area (Å²) < 4.78 is 45.4. The number of hydrogen-bond donors (Lipinski definition) is 1. The zero-order valence-electron chi connectivity index (χ0n) is 18.5. The van der Waals surface area contributed by atoms with Gasteiger partial charge in [0.1, 0.15) is 11.9 Å². The molecule has 1 N–H and O–H groups in total. The second-order valence-corrected chi connectivity index (χ2v) is 9.72. The molecule has 1 aliphatic heterocycles. The van der Waals surface area contributed by atoms with Crippen LogP contribution in [0.4, 0.5) is 10.1 Å². The number of ether oxygens (including phenoxy) is 1. The molecule has 2 aromatic carbocycles. The van der Waals surface area contributed by atoms with Gasteiger partial charge in [-0.3, -0.25) is 14.0 Å². The van der Waals surface area contributed by atoms with Crippen LogP contribution in [0.3, 0.4) is 0 Å². The van der Waals surface area contributed by atoms with Gasteiger partial charge in [0.2, 0.25) is 15.9 Å². The predicted molar refractivity (Wildman–Crippen MR) is 122 cm³/mol. The van der Waals surface area contributed by atoms with Gasteiger partial charge in [0.15, 0.2) is 0 Å². The number of amides is 1. The van der Waals surface area contributed by atoms with E-state index in [0.29, 0.717) is 0 Å². The minimum atomic E-state index is -3.88. The number of halogens is 1. The Hall–Kier alpha value is -2.49. The number of sulfonamides is 1. The number of para-hydroxylation sites is 1. The number of carbonyl (C=O) groups is 1. The third-order valence-electron chi connectivity index (χ3n) is 5.42. The Morgan fingerprint density at radius 2 is 1.75 bits per heavy atom. The Kier molecular flexibility index (Phi) is 8.22. The predicted octanol–water partition coefficient (Wildman–Crippen LogP) is 2.52. The highest BCUT2D eigenvalue weighted by Gasteiger charge is 2.32. The molecule has 7 nitrogen and oxygen atoms in total. The topological polar surface area (TPSA) is 79.0 Å². The smallest absolute Gasteiger partial charge is 0.244 e. The molecule has 0 radical (unpaired) electrons. The lowest BCUT2D eigenvalue weighted by atomic mass is 10.1. The number of benzene rings is 2. The molecule has 1 atom stereocenters. The molecule has 9 heteroatoms. The summed E-state index contributed by atoms with van der Waals surface area (Å²) in [5.74, 6) is -1.17. The van der Waals surface area contributed by atoms with E-state index >= 15 is 0 Å². The van der Waals surface area contributed by atoms with Crippen LogP contribution in [-0.4, -0.2) is 57.8 Å². The van der Waals surface area contributed by atoms with E-state index in [1.165, 1.54) is 23.8 Å². The molecule has 2 aromatic rings. The Balaban J connectivity index is 1.66. The maximum Gasteiger partial charge on any atom is 0.244 e. The van der Waals surface area contributed by atoms with E-state index in [1.807, 2.05) is 24.3 Å². The van der Waals surface area contributed by atoms with E-state index in [9.17, 15) is 17.6 Å². The van der Waals surface area contributed by atoms with Gasteiger partial charge in [-0.1, -0.05) is 43.3 Å². The van der Waals surface area contributed by atoms with Crippen LogP contribution < -0.4 is 9.62 Å². The molecule has 0 spiro atoms. The Bertz CT molecular complexity index is 1010. The number of anilines is 1. The fourth-order valence-corrected chi connectivity index (χ4v) is 4.97. The first kappa shape index (κ1) is 24.2. The lowest BCUT2D eigenvalue weighted by molar-refractivity contribution is -0.122. The van der Waals surface area contributed by atoms with Crippen molar-refractivity contribution < 1.29 is 22.3 Å². The second kappa shape index (κ2) is 10.9. The molecule has 1 aliphatic rings. The first-order valence-corrected chi connectivity index (χ1v) is 12.5. The van der Waals surface area contributed by atoms with Gasteiger partial charge in [-0.15, -0.1) is 0 Å². The Morgan fingerprint density at radius 3 is 2.34 bits per heavy atom. The summed E-state index contributed by atoms with van der Waals surface area (Å²) in [4.78, 5) is 15.2. The summed E-state index contributed by atoms with van der Waals surface area (Å²) in [7, 11) is -3.88. The highest BCUT2D eigenvalue weighted by atomic mass is 32.2. The number of morpholine rings is 1. The molecule has 32 heavy (non-hydrogen) atoms. The van der Waals surface area contributed by atoms with Crippen molar-refractivity contribution in [2.24, 2.45) is 0 Å². The van der Waals surface area contributed by atoms with Crippen molar-refractivity contribution in [2.75, 3.05) is 36.9 Å². The number of nitrogens with zero attached hydrogens (tertiary/aromatic N) is 2. The van der Waals surface area contributed by atoms with Crippen LogP contribution in [0, 0.1) is 5.82 Å². The van der Waals surface area contributed by atoms with Gasteiger partial charge in [0, 0.05) is 26.2 Å². The fourth-order valence-electron chi connectivity index (χ4n) is 3.75. The van der Waals surface area contributed by atoms with Crippen LogP contribution in [0.15, 0.2) is 48.5 Å². The molecule has 0 aliphatic carbocycles. The van der Waals surface area contributed by atoms with Crippen LogP contribution in [0.25, 0.3) is 0 Å².